The lowest BCUT2D eigenvalue weighted by Gasteiger charge is -2.05. The summed E-state index contributed by atoms with van der Waals surface area (Å²) in [6, 6.07) is 11.9. The Hall–Kier alpha value is -1.55. The van der Waals surface area contributed by atoms with Gasteiger partial charge in [-0.15, -0.1) is 0 Å². The molecule has 1 aromatic carbocycles. The Kier molecular flexibility index (Phi) is 4.20. The van der Waals surface area contributed by atoms with Crippen molar-refractivity contribution in [2.24, 2.45) is 0 Å². The van der Waals surface area contributed by atoms with Crippen LogP contribution in [-0.4, -0.2) is 15.6 Å². The highest BCUT2D eigenvalue weighted by Gasteiger charge is 2.08. The summed E-state index contributed by atoms with van der Waals surface area (Å²) in [4.78, 5) is 10.8. The number of hydrogen-bond donors (Lipinski definition) is 1. The zero-order chi connectivity index (χ0) is 13.0. The average Bonchev–Trinajstić information content (AvgIpc) is 2.73. The number of aryl methyl sites for hydroxylation is 2. The molecule has 2 rings (SSSR count). The summed E-state index contributed by atoms with van der Waals surface area (Å²) in [6.45, 7) is 0.808. The molecule has 0 aliphatic rings. The number of nitrogens with zero attached hydrogens (tertiary/aromatic N) is 1. The van der Waals surface area contributed by atoms with Crippen LogP contribution in [0.4, 0.5) is 0 Å². The van der Waals surface area contributed by atoms with E-state index in [2.05, 4.69) is 28.1 Å². The van der Waals surface area contributed by atoms with Crippen LogP contribution < -0.4 is 0 Å². The van der Waals surface area contributed by atoms with Gasteiger partial charge in [0.15, 0.2) is 0 Å². The zero-order valence-corrected chi connectivity index (χ0v) is 11.4. The SMILES string of the molecule is O=C(O)c1cc(Br)n(CCCc2ccccc2)c1. The van der Waals surface area contributed by atoms with Crippen LogP contribution in [0.2, 0.25) is 0 Å². The van der Waals surface area contributed by atoms with Gasteiger partial charge in [-0.2, -0.15) is 0 Å². The van der Waals surface area contributed by atoms with E-state index < -0.39 is 5.97 Å². The highest BCUT2D eigenvalue weighted by Crippen LogP contribution is 2.16. The second-order valence-electron chi connectivity index (χ2n) is 4.14. The summed E-state index contributed by atoms with van der Waals surface area (Å²) in [6.07, 6.45) is 3.64. The van der Waals surface area contributed by atoms with E-state index in [1.54, 1.807) is 12.3 Å². The van der Waals surface area contributed by atoms with E-state index in [1.165, 1.54) is 5.56 Å². The van der Waals surface area contributed by atoms with Crippen molar-refractivity contribution in [3.05, 3.63) is 58.3 Å². The second-order valence-corrected chi connectivity index (χ2v) is 4.95. The third-order valence-electron chi connectivity index (χ3n) is 2.80. The molecule has 0 saturated heterocycles. The van der Waals surface area contributed by atoms with Crippen LogP contribution >= 0.6 is 15.9 Å². The molecule has 0 unspecified atom stereocenters. The minimum Gasteiger partial charge on any atom is -0.478 e. The van der Waals surface area contributed by atoms with Gasteiger partial charge < -0.3 is 9.67 Å². The van der Waals surface area contributed by atoms with Crippen LogP contribution in [-0.2, 0) is 13.0 Å². The Morgan fingerprint density at radius 2 is 2.00 bits per heavy atom. The van der Waals surface area contributed by atoms with E-state index in [-0.39, 0.29) is 0 Å². The molecule has 0 amide bonds. The summed E-state index contributed by atoms with van der Waals surface area (Å²) >= 11 is 3.37. The Labute approximate surface area is 114 Å². The van der Waals surface area contributed by atoms with Gasteiger partial charge in [0, 0.05) is 12.7 Å². The smallest absolute Gasteiger partial charge is 0.337 e. The molecule has 1 aromatic heterocycles. The Balaban J connectivity index is 1.92. The molecule has 0 radical (unpaired) electrons. The maximum atomic E-state index is 10.8. The van der Waals surface area contributed by atoms with Gasteiger partial charge in [0.25, 0.3) is 0 Å². The van der Waals surface area contributed by atoms with Gasteiger partial charge in [0.1, 0.15) is 0 Å². The lowest BCUT2D eigenvalue weighted by molar-refractivity contribution is 0.0697. The molecule has 0 fully saturated rings. The predicted octanol–water partition coefficient (Wildman–Crippen LogP) is 3.58. The van der Waals surface area contributed by atoms with Crippen LogP contribution in [0.25, 0.3) is 0 Å². The minimum absolute atomic E-state index is 0.321. The minimum atomic E-state index is -0.891. The molecular weight excluding hydrogens is 294 g/mol. The topological polar surface area (TPSA) is 42.2 Å². The monoisotopic (exact) mass is 307 g/mol. The molecule has 94 valence electrons. The summed E-state index contributed by atoms with van der Waals surface area (Å²) in [5.74, 6) is -0.891. The van der Waals surface area contributed by atoms with Crippen molar-refractivity contribution in [2.45, 2.75) is 19.4 Å². The van der Waals surface area contributed by atoms with E-state index in [0.29, 0.717) is 5.56 Å². The first-order valence-corrected chi connectivity index (χ1v) is 6.59. The van der Waals surface area contributed by atoms with Gasteiger partial charge in [-0.25, -0.2) is 4.79 Å². The highest BCUT2D eigenvalue weighted by atomic mass is 79.9. The zero-order valence-electron chi connectivity index (χ0n) is 9.84. The average molecular weight is 308 g/mol. The van der Waals surface area contributed by atoms with Gasteiger partial charge in [-0.3, -0.25) is 0 Å². The number of hydrogen-bond acceptors (Lipinski definition) is 1. The molecule has 1 N–H and O–H groups in total. The third-order valence-corrected chi connectivity index (χ3v) is 3.48. The molecule has 3 nitrogen and oxygen atoms in total. The summed E-state index contributed by atoms with van der Waals surface area (Å²) in [5.41, 5.74) is 1.63. The Morgan fingerprint density at radius 3 is 2.61 bits per heavy atom. The number of halogens is 1. The second kappa shape index (κ2) is 5.87. The molecule has 0 spiro atoms. The van der Waals surface area contributed by atoms with Crippen molar-refractivity contribution < 1.29 is 9.90 Å². The molecule has 0 atom stereocenters. The molecule has 0 aliphatic carbocycles. The molecule has 4 heteroatoms. The molecule has 0 bridgehead atoms. The summed E-state index contributed by atoms with van der Waals surface area (Å²) in [7, 11) is 0. The fourth-order valence-electron chi connectivity index (χ4n) is 1.86. The lowest BCUT2D eigenvalue weighted by Crippen LogP contribution is -1.99. The van der Waals surface area contributed by atoms with E-state index in [4.69, 9.17) is 5.11 Å². The number of aromatic nitrogens is 1. The van der Waals surface area contributed by atoms with Crippen LogP contribution in [0, 0.1) is 0 Å². The van der Waals surface area contributed by atoms with Crippen molar-refractivity contribution in [1.82, 2.24) is 4.57 Å². The molecule has 0 saturated carbocycles. The molecule has 18 heavy (non-hydrogen) atoms. The summed E-state index contributed by atoms with van der Waals surface area (Å²) in [5, 5.41) is 8.89. The van der Waals surface area contributed by atoms with Crippen LogP contribution in [0.1, 0.15) is 22.3 Å². The highest BCUT2D eigenvalue weighted by molar-refractivity contribution is 9.10. The van der Waals surface area contributed by atoms with Crippen molar-refractivity contribution >= 4 is 21.9 Å². The molecule has 1 heterocycles. The molecule has 2 aromatic rings. The van der Waals surface area contributed by atoms with Gasteiger partial charge in [-0.1, -0.05) is 30.3 Å². The lowest BCUT2D eigenvalue weighted by atomic mass is 10.1. The first-order valence-electron chi connectivity index (χ1n) is 5.80. The van der Waals surface area contributed by atoms with E-state index in [1.807, 2.05) is 22.8 Å². The fourth-order valence-corrected chi connectivity index (χ4v) is 2.39. The first-order chi connectivity index (χ1) is 8.66. The quantitative estimate of drug-likeness (QED) is 0.917. The van der Waals surface area contributed by atoms with Crippen LogP contribution in [0.5, 0.6) is 0 Å². The standard InChI is InChI=1S/C14H14BrNO2/c15-13-9-12(14(17)18)10-16(13)8-4-7-11-5-2-1-3-6-11/h1-3,5-6,9-10H,4,7-8H2,(H,17,18). The van der Waals surface area contributed by atoms with Gasteiger partial charge in [0.05, 0.1) is 10.2 Å². The Morgan fingerprint density at radius 1 is 1.28 bits per heavy atom. The number of aromatic carboxylic acids is 1. The number of carbonyl (C=O) groups is 1. The van der Waals surface area contributed by atoms with Gasteiger partial charge in [0.2, 0.25) is 0 Å². The predicted molar refractivity (Wildman–Crippen MR) is 73.9 cm³/mol. The van der Waals surface area contributed by atoms with Gasteiger partial charge in [-0.05, 0) is 40.4 Å². The maximum Gasteiger partial charge on any atom is 0.337 e. The number of carboxylic acids is 1. The largest absolute Gasteiger partial charge is 0.478 e. The van der Waals surface area contributed by atoms with Crippen molar-refractivity contribution in [2.75, 3.05) is 0 Å². The number of rotatable bonds is 5. The van der Waals surface area contributed by atoms with Crippen molar-refractivity contribution in [3.8, 4) is 0 Å². The van der Waals surface area contributed by atoms with E-state index in [0.717, 1.165) is 24.0 Å². The third kappa shape index (κ3) is 3.23. The molecular formula is C14H14BrNO2. The first kappa shape index (κ1) is 12.9. The maximum absolute atomic E-state index is 10.8. The normalized spacial score (nSPS) is 10.5. The van der Waals surface area contributed by atoms with Crippen molar-refractivity contribution in [3.63, 3.8) is 0 Å². The van der Waals surface area contributed by atoms with Crippen molar-refractivity contribution in [1.29, 1.82) is 0 Å². The number of benzene rings is 1. The van der Waals surface area contributed by atoms with Crippen LogP contribution in [0.3, 0.4) is 0 Å². The fraction of sp³-hybridized carbons (Fsp3) is 0.214. The molecule has 0 aliphatic heterocycles. The van der Waals surface area contributed by atoms with E-state index in [9.17, 15) is 4.79 Å². The number of carboxylic acid groups (broad SMARTS) is 1. The van der Waals surface area contributed by atoms with E-state index >= 15 is 0 Å². The summed E-state index contributed by atoms with van der Waals surface area (Å²) < 4.78 is 2.74. The van der Waals surface area contributed by atoms with Crippen LogP contribution in [0.15, 0.2) is 47.2 Å². The van der Waals surface area contributed by atoms with Gasteiger partial charge >= 0.3 is 5.97 Å². The Bertz CT molecular complexity index is 534.